The predicted molar refractivity (Wildman–Crippen MR) is 71.4 cm³/mol. The molecule has 1 aliphatic rings. The molecule has 1 aliphatic heterocycles. The maximum atomic E-state index is 5.93. The normalized spacial score (nSPS) is 21.4. The molecule has 1 fully saturated rings. The Balaban J connectivity index is 1.92. The van der Waals surface area contributed by atoms with Crippen molar-refractivity contribution in [3.63, 3.8) is 0 Å². The molecular weight excluding hydrogens is 212 g/mol. The summed E-state index contributed by atoms with van der Waals surface area (Å²) in [7, 11) is 2.17. The zero-order valence-electron chi connectivity index (χ0n) is 10.8. The SMILES string of the molecule is Cc1ccc(OCC2CCCCN2C)c(N)c1. The summed E-state index contributed by atoms with van der Waals surface area (Å²) in [6.07, 6.45) is 3.84. The molecule has 1 aromatic carbocycles. The lowest BCUT2D eigenvalue weighted by atomic mass is 10.0. The van der Waals surface area contributed by atoms with Gasteiger partial charge in [-0.05, 0) is 51.1 Å². The van der Waals surface area contributed by atoms with Gasteiger partial charge in [-0.2, -0.15) is 0 Å². The Labute approximate surface area is 104 Å². The molecule has 2 rings (SSSR count). The summed E-state index contributed by atoms with van der Waals surface area (Å²) in [5.41, 5.74) is 7.84. The minimum atomic E-state index is 0.532. The van der Waals surface area contributed by atoms with Crippen LogP contribution in [0.5, 0.6) is 5.75 Å². The largest absolute Gasteiger partial charge is 0.490 e. The zero-order chi connectivity index (χ0) is 12.3. The van der Waals surface area contributed by atoms with Crippen LogP contribution in [0.1, 0.15) is 24.8 Å². The number of benzene rings is 1. The first-order chi connectivity index (χ1) is 8.16. The second-order valence-corrected chi connectivity index (χ2v) is 4.98. The van der Waals surface area contributed by atoms with Gasteiger partial charge >= 0.3 is 0 Å². The van der Waals surface area contributed by atoms with Gasteiger partial charge in [0.1, 0.15) is 12.4 Å². The Morgan fingerprint density at radius 1 is 1.41 bits per heavy atom. The quantitative estimate of drug-likeness (QED) is 0.816. The van der Waals surface area contributed by atoms with Gasteiger partial charge in [0.15, 0.2) is 0 Å². The number of rotatable bonds is 3. The third-order valence-electron chi connectivity index (χ3n) is 3.52. The van der Waals surface area contributed by atoms with Crippen LogP contribution < -0.4 is 10.5 Å². The van der Waals surface area contributed by atoms with E-state index in [1.807, 2.05) is 25.1 Å². The monoisotopic (exact) mass is 234 g/mol. The molecule has 0 radical (unpaired) electrons. The van der Waals surface area contributed by atoms with Crippen molar-refractivity contribution in [1.29, 1.82) is 0 Å². The van der Waals surface area contributed by atoms with E-state index < -0.39 is 0 Å². The average molecular weight is 234 g/mol. The van der Waals surface area contributed by atoms with E-state index in [0.29, 0.717) is 6.04 Å². The van der Waals surface area contributed by atoms with Gasteiger partial charge in [-0.3, -0.25) is 0 Å². The molecule has 94 valence electrons. The van der Waals surface area contributed by atoms with Crippen molar-refractivity contribution in [3.05, 3.63) is 23.8 Å². The fourth-order valence-corrected chi connectivity index (χ4v) is 2.34. The lowest BCUT2D eigenvalue weighted by Crippen LogP contribution is -2.40. The van der Waals surface area contributed by atoms with Crippen molar-refractivity contribution >= 4 is 5.69 Å². The molecule has 2 N–H and O–H groups in total. The Kier molecular flexibility index (Phi) is 3.89. The molecule has 1 atom stereocenters. The van der Waals surface area contributed by atoms with Gasteiger partial charge in [0, 0.05) is 6.04 Å². The first kappa shape index (κ1) is 12.2. The highest BCUT2D eigenvalue weighted by atomic mass is 16.5. The number of nitrogens with zero attached hydrogens (tertiary/aromatic N) is 1. The third-order valence-corrected chi connectivity index (χ3v) is 3.52. The van der Waals surface area contributed by atoms with Crippen molar-refractivity contribution in [3.8, 4) is 5.75 Å². The van der Waals surface area contributed by atoms with E-state index in [0.717, 1.165) is 18.0 Å². The lowest BCUT2D eigenvalue weighted by molar-refractivity contribution is 0.125. The minimum Gasteiger partial charge on any atom is -0.490 e. The highest BCUT2D eigenvalue weighted by molar-refractivity contribution is 5.54. The van der Waals surface area contributed by atoms with Gasteiger partial charge in [-0.25, -0.2) is 0 Å². The van der Waals surface area contributed by atoms with E-state index in [9.17, 15) is 0 Å². The van der Waals surface area contributed by atoms with E-state index in [2.05, 4.69) is 11.9 Å². The van der Waals surface area contributed by atoms with Crippen molar-refractivity contribution < 1.29 is 4.74 Å². The molecule has 3 heteroatoms. The summed E-state index contributed by atoms with van der Waals surface area (Å²) < 4.78 is 5.84. The Morgan fingerprint density at radius 3 is 2.94 bits per heavy atom. The smallest absolute Gasteiger partial charge is 0.142 e. The minimum absolute atomic E-state index is 0.532. The first-order valence-corrected chi connectivity index (χ1v) is 6.36. The molecule has 0 amide bonds. The Morgan fingerprint density at radius 2 is 2.24 bits per heavy atom. The molecule has 0 aliphatic carbocycles. The average Bonchev–Trinajstić information content (AvgIpc) is 2.30. The van der Waals surface area contributed by atoms with E-state index in [-0.39, 0.29) is 0 Å². The van der Waals surface area contributed by atoms with Gasteiger partial charge < -0.3 is 15.4 Å². The fraction of sp³-hybridized carbons (Fsp3) is 0.571. The van der Waals surface area contributed by atoms with E-state index >= 15 is 0 Å². The number of nitrogen functional groups attached to an aromatic ring is 1. The highest BCUT2D eigenvalue weighted by Crippen LogP contribution is 2.23. The van der Waals surface area contributed by atoms with Crippen LogP contribution in [0.15, 0.2) is 18.2 Å². The standard InChI is InChI=1S/C14H22N2O/c1-11-6-7-14(13(15)9-11)17-10-12-5-3-4-8-16(12)2/h6-7,9,12H,3-5,8,10,15H2,1-2H3. The molecule has 1 aromatic rings. The Bertz CT molecular complexity index is 378. The number of hydrogen-bond acceptors (Lipinski definition) is 3. The molecule has 1 heterocycles. The van der Waals surface area contributed by atoms with Crippen LogP contribution >= 0.6 is 0 Å². The van der Waals surface area contributed by atoms with Crippen molar-refractivity contribution in [2.75, 3.05) is 25.9 Å². The van der Waals surface area contributed by atoms with Gasteiger partial charge in [0.2, 0.25) is 0 Å². The molecule has 0 bridgehead atoms. The van der Waals surface area contributed by atoms with E-state index in [1.165, 1.54) is 31.4 Å². The zero-order valence-corrected chi connectivity index (χ0v) is 10.8. The van der Waals surface area contributed by atoms with Crippen molar-refractivity contribution in [1.82, 2.24) is 4.90 Å². The molecular formula is C14H22N2O. The first-order valence-electron chi connectivity index (χ1n) is 6.36. The van der Waals surface area contributed by atoms with Crippen LogP contribution in [0.4, 0.5) is 5.69 Å². The van der Waals surface area contributed by atoms with Crippen molar-refractivity contribution in [2.45, 2.75) is 32.2 Å². The molecule has 0 spiro atoms. The predicted octanol–water partition coefficient (Wildman–Crippen LogP) is 2.44. The van der Waals surface area contributed by atoms with Crippen LogP contribution in [0.3, 0.4) is 0 Å². The topological polar surface area (TPSA) is 38.5 Å². The summed E-state index contributed by atoms with van der Waals surface area (Å²) in [5.74, 6) is 0.814. The van der Waals surface area contributed by atoms with Crippen LogP contribution in [-0.4, -0.2) is 31.1 Å². The number of hydrogen-bond donors (Lipinski definition) is 1. The number of likely N-dealkylation sites (N-methyl/N-ethyl adjacent to an activating group) is 1. The summed E-state index contributed by atoms with van der Waals surface area (Å²) in [6, 6.07) is 6.49. The van der Waals surface area contributed by atoms with Crippen molar-refractivity contribution in [2.24, 2.45) is 0 Å². The number of aryl methyl sites for hydroxylation is 1. The third kappa shape index (κ3) is 3.13. The number of ether oxygens (including phenoxy) is 1. The number of nitrogens with two attached hydrogens (primary N) is 1. The van der Waals surface area contributed by atoms with Gasteiger partial charge in [-0.15, -0.1) is 0 Å². The molecule has 17 heavy (non-hydrogen) atoms. The van der Waals surface area contributed by atoms with E-state index in [4.69, 9.17) is 10.5 Å². The summed E-state index contributed by atoms with van der Waals surface area (Å²) in [4.78, 5) is 2.38. The fourth-order valence-electron chi connectivity index (χ4n) is 2.34. The maximum absolute atomic E-state index is 5.93. The molecule has 1 saturated heterocycles. The Hall–Kier alpha value is -1.22. The molecule has 3 nitrogen and oxygen atoms in total. The van der Waals surface area contributed by atoms with Crippen LogP contribution in [-0.2, 0) is 0 Å². The summed E-state index contributed by atoms with van der Waals surface area (Å²) in [5, 5.41) is 0. The second kappa shape index (κ2) is 5.41. The summed E-state index contributed by atoms with van der Waals surface area (Å²) >= 11 is 0. The lowest BCUT2D eigenvalue weighted by Gasteiger charge is -2.32. The van der Waals surface area contributed by atoms with Gasteiger partial charge in [0.25, 0.3) is 0 Å². The van der Waals surface area contributed by atoms with Gasteiger partial charge in [0.05, 0.1) is 5.69 Å². The molecule has 0 saturated carbocycles. The van der Waals surface area contributed by atoms with Crippen LogP contribution in [0, 0.1) is 6.92 Å². The van der Waals surface area contributed by atoms with Crippen LogP contribution in [0.25, 0.3) is 0 Å². The number of anilines is 1. The molecule has 0 aromatic heterocycles. The number of piperidine rings is 1. The highest BCUT2D eigenvalue weighted by Gasteiger charge is 2.19. The second-order valence-electron chi connectivity index (χ2n) is 4.98. The maximum Gasteiger partial charge on any atom is 0.142 e. The van der Waals surface area contributed by atoms with Crippen LogP contribution in [0.2, 0.25) is 0 Å². The van der Waals surface area contributed by atoms with Gasteiger partial charge in [-0.1, -0.05) is 12.5 Å². The molecule has 1 unspecified atom stereocenters. The summed E-state index contributed by atoms with van der Waals surface area (Å²) in [6.45, 7) is 3.95. The van der Waals surface area contributed by atoms with E-state index in [1.54, 1.807) is 0 Å². The number of likely N-dealkylation sites (tertiary alicyclic amines) is 1.